The van der Waals surface area contributed by atoms with E-state index in [1.807, 2.05) is 42.1 Å². The number of guanidine groups is 1. The lowest BCUT2D eigenvalue weighted by Gasteiger charge is -2.24. The van der Waals surface area contributed by atoms with Crippen LogP contribution in [0.2, 0.25) is 0 Å². The first kappa shape index (κ1) is 23.5. The van der Waals surface area contributed by atoms with Crippen molar-refractivity contribution in [1.29, 1.82) is 0 Å². The standard InChI is InChI=1S/C17H28N4O2S2.HI/c1-17(9-6-11-24-17)14-20-16(18-2)19-10-12-25(22,23)21-13-15-7-4-3-5-8-15;/h3-5,7-8,21H,6,9-14H2,1-2H3,(H2,18,19,20);1H. The quantitative estimate of drug-likeness (QED) is 0.283. The third-order valence-electron chi connectivity index (χ3n) is 4.16. The van der Waals surface area contributed by atoms with Crippen molar-refractivity contribution >= 4 is 51.7 Å². The van der Waals surface area contributed by atoms with E-state index < -0.39 is 10.0 Å². The molecule has 3 N–H and O–H groups in total. The van der Waals surface area contributed by atoms with Crippen LogP contribution in [0.25, 0.3) is 0 Å². The average Bonchev–Trinajstić information content (AvgIpc) is 3.04. The molecule has 0 bridgehead atoms. The van der Waals surface area contributed by atoms with E-state index in [-0.39, 0.29) is 34.5 Å². The van der Waals surface area contributed by atoms with Gasteiger partial charge in [-0.05, 0) is 31.1 Å². The third-order valence-corrected chi connectivity index (χ3v) is 7.02. The van der Waals surface area contributed by atoms with Gasteiger partial charge < -0.3 is 10.6 Å². The molecule has 0 saturated carbocycles. The molecule has 1 saturated heterocycles. The summed E-state index contributed by atoms with van der Waals surface area (Å²) in [7, 11) is -1.63. The summed E-state index contributed by atoms with van der Waals surface area (Å²) in [6.07, 6.45) is 2.44. The second-order valence-corrected chi connectivity index (χ2v) is 9.99. The van der Waals surface area contributed by atoms with Crippen molar-refractivity contribution in [2.75, 3.05) is 31.6 Å². The second-order valence-electron chi connectivity index (χ2n) is 6.38. The van der Waals surface area contributed by atoms with Gasteiger partial charge in [0, 0.05) is 31.4 Å². The summed E-state index contributed by atoms with van der Waals surface area (Å²) >= 11 is 1.98. The third kappa shape index (κ3) is 8.45. The molecule has 1 fully saturated rings. The van der Waals surface area contributed by atoms with Crippen LogP contribution in [0.5, 0.6) is 0 Å². The summed E-state index contributed by atoms with van der Waals surface area (Å²) in [5.74, 6) is 1.86. The fraction of sp³-hybridized carbons (Fsp3) is 0.588. The Morgan fingerprint density at radius 3 is 2.62 bits per heavy atom. The molecule has 9 heteroatoms. The zero-order valence-electron chi connectivity index (χ0n) is 15.3. The van der Waals surface area contributed by atoms with E-state index in [1.165, 1.54) is 18.6 Å². The minimum Gasteiger partial charge on any atom is -0.355 e. The van der Waals surface area contributed by atoms with Crippen LogP contribution < -0.4 is 15.4 Å². The van der Waals surface area contributed by atoms with E-state index >= 15 is 0 Å². The molecule has 1 unspecified atom stereocenters. The molecule has 1 atom stereocenters. The fourth-order valence-electron chi connectivity index (χ4n) is 2.63. The van der Waals surface area contributed by atoms with Crippen LogP contribution in [0.15, 0.2) is 35.3 Å². The van der Waals surface area contributed by atoms with Crippen molar-refractivity contribution < 1.29 is 8.42 Å². The summed E-state index contributed by atoms with van der Waals surface area (Å²) in [4.78, 5) is 4.16. The highest BCUT2D eigenvalue weighted by molar-refractivity contribution is 14.0. The predicted molar refractivity (Wildman–Crippen MR) is 122 cm³/mol. The monoisotopic (exact) mass is 512 g/mol. The lowest BCUT2D eigenvalue weighted by Crippen LogP contribution is -2.45. The largest absolute Gasteiger partial charge is 0.355 e. The van der Waals surface area contributed by atoms with Gasteiger partial charge in [-0.1, -0.05) is 30.3 Å². The molecule has 0 aromatic heterocycles. The van der Waals surface area contributed by atoms with Gasteiger partial charge in [-0.3, -0.25) is 4.99 Å². The molecule has 1 heterocycles. The Bertz CT molecular complexity index is 663. The summed E-state index contributed by atoms with van der Waals surface area (Å²) in [5.41, 5.74) is 0.943. The van der Waals surface area contributed by atoms with Gasteiger partial charge in [-0.15, -0.1) is 24.0 Å². The first-order chi connectivity index (χ1) is 11.9. The molecule has 6 nitrogen and oxygen atoms in total. The van der Waals surface area contributed by atoms with Crippen molar-refractivity contribution in [2.45, 2.75) is 31.1 Å². The molecule has 0 radical (unpaired) electrons. The van der Waals surface area contributed by atoms with E-state index in [9.17, 15) is 8.42 Å². The van der Waals surface area contributed by atoms with Crippen molar-refractivity contribution in [3.8, 4) is 0 Å². The summed E-state index contributed by atoms with van der Waals surface area (Å²) in [5, 5.41) is 6.37. The fourth-order valence-corrected chi connectivity index (χ4v) is 4.78. The number of hydrogen-bond acceptors (Lipinski definition) is 4. The zero-order valence-corrected chi connectivity index (χ0v) is 19.3. The summed E-state index contributed by atoms with van der Waals surface area (Å²) in [6, 6.07) is 9.49. The van der Waals surface area contributed by atoms with Crippen LogP contribution in [-0.4, -0.2) is 50.8 Å². The lowest BCUT2D eigenvalue weighted by atomic mass is 10.1. The molecule has 1 aliphatic heterocycles. The van der Waals surface area contributed by atoms with Crippen LogP contribution in [0.3, 0.4) is 0 Å². The second kappa shape index (κ2) is 11.4. The predicted octanol–water partition coefficient (Wildman–Crippen LogP) is 2.17. The SMILES string of the molecule is CN=C(NCCS(=O)(=O)NCc1ccccc1)NCC1(C)CCCS1.I. The highest BCUT2D eigenvalue weighted by atomic mass is 127. The number of nitrogens with zero attached hydrogens (tertiary/aromatic N) is 1. The maximum absolute atomic E-state index is 12.1. The molecule has 0 amide bonds. The molecule has 1 aromatic carbocycles. The van der Waals surface area contributed by atoms with Crippen LogP contribution in [0, 0.1) is 0 Å². The molecule has 26 heavy (non-hydrogen) atoms. The van der Waals surface area contributed by atoms with E-state index in [0.29, 0.717) is 19.0 Å². The Kier molecular flexibility index (Phi) is 10.3. The average molecular weight is 512 g/mol. The molecule has 0 spiro atoms. The Labute approximate surface area is 178 Å². The molecule has 1 aromatic rings. The highest BCUT2D eigenvalue weighted by Crippen LogP contribution is 2.36. The van der Waals surface area contributed by atoms with Gasteiger partial charge in [-0.2, -0.15) is 11.8 Å². The number of thioether (sulfide) groups is 1. The number of hydrogen-bond donors (Lipinski definition) is 3. The maximum atomic E-state index is 12.1. The van der Waals surface area contributed by atoms with Crippen LogP contribution >= 0.6 is 35.7 Å². The van der Waals surface area contributed by atoms with Gasteiger partial charge in [0.25, 0.3) is 0 Å². The van der Waals surface area contributed by atoms with Crippen LogP contribution in [0.4, 0.5) is 0 Å². The van der Waals surface area contributed by atoms with E-state index in [2.05, 4.69) is 27.3 Å². The number of benzene rings is 1. The molecular formula is C17H29IN4O2S2. The van der Waals surface area contributed by atoms with Gasteiger partial charge in [0.1, 0.15) is 0 Å². The Hall–Kier alpha value is -0.520. The molecular weight excluding hydrogens is 483 g/mol. The van der Waals surface area contributed by atoms with Crippen molar-refractivity contribution in [3.05, 3.63) is 35.9 Å². The topological polar surface area (TPSA) is 82.6 Å². The van der Waals surface area contributed by atoms with Gasteiger partial charge in [0.05, 0.1) is 5.75 Å². The van der Waals surface area contributed by atoms with Crippen molar-refractivity contribution in [3.63, 3.8) is 0 Å². The molecule has 0 aliphatic carbocycles. The number of sulfonamides is 1. The minimum absolute atomic E-state index is 0. The normalized spacial score (nSPS) is 20.5. The highest BCUT2D eigenvalue weighted by Gasteiger charge is 2.29. The first-order valence-electron chi connectivity index (χ1n) is 8.52. The first-order valence-corrected chi connectivity index (χ1v) is 11.2. The maximum Gasteiger partial charge on any atom is 0.213 e. The lowest BCUT2D eigenvalue weighted by molar-refractivity contribution is 0.577. The van der Waals surface area contributed by atoms with E-state index in [0.717, 1.165) is 12.1 Å². The van der Waals surface area contributed by atoms with Gasteiger partial charge in [0.2, 0.25) is 10.0 Å². The van der Waals surface area contributed by atoms with Gasteiger partial charge >= 0.3 is 0 Å². The minimum atomic E-state index is -3.33. The van der Waals surface area contributed by atoms with Gasteiger partial charge in [0.15, 0.2) is 5.96 Å². The Morgan fingerprint density at radius 1 is 1.27 bits per heavy atom. The molecule has 1 aliphatic rings. The number of rotatable bonds is 8. The van der Waals surface area contributed by atoms with E-state index in [1.54, 1.807) is 7.05 Å². The van der Waals surface area contributed by atoms with Crippen molar-refractivity contribution in [1.82, 2.24) is 15.4 Å². The van der Waals surface area contributed by atoms with E-state index in [4.69, 9.17) is 0 Å². The Balaban J connectivity index is 0.00000338. The van der Waals surface area contributed by atoms with Crippen LogP contribution in [-0.2, 0) is 16.6 Å². The smallest absolute Gasteiger partial charge is 0.213 e. The Morgan fingerprint density at radius 2 is 2.00 bits per heavy atom. The molecule has 148 valence electrons. The molecule has 2 rings (SSSR count). The van der Waals surface area contributed by atoms with Gasteiger partial charge in [-0.25, -0.2) is 13.1 Å². The van der Waals surface area contributed by atoms with Crippen molar-refractivity contribution in [2.24, 2.45) is 4.99 Å². The van der Waals surface area contributed by atoms with Crippen LogP contribution in [0.1, 0.15) is 25.3 Å². The number of aliphatic imine (C=N–C) groups is 1. The summed E-state index contributed by atoms with van der Waals surface area (Å²) < 4.78 is 27.0. The number of halogens is 1. The summed E-state index contributed by atoms with van der Waals surface area (Å²) in [6.45, 7) is 3.71. The number of nitrogens with one attached hydrogen (secondary N) is 3. The zero-order chi connectivity index (χ0) is 18.2.